The van der Waals surface area contributed by atoms with E-state index in [0.29, 0.717) is 5.56 Å². The molecule has 0 radical (unpaired) electrons. The average Bonchev–Trinajstić information content (AvgIpc) is 2.62. The first-order valence-electron chi connectivity index (χ1n) is 8.63. The van der Waals surface area contributed by atoms with Crippen LogP contribution in [-0.2, 0) is 12.8 Å². The van der Waals surface area contributed by atoms with Crippen LogP contribution in [0.4, 0.5) is 0 Å². The van der Waals surface area contributed by atoms with Gasteiger partial charge in [0.05, 0.1) is 5.94 Å². The lowest BCUT2D eigenvalue weighted by Crippen LogP contribution is -2.47. The SMILES string of the molecule is CCCc1cccc(C(=O)N[C@@H](Cc2cccc(C(=O)O)c2O)B(O)O)c1. The number of aromatic carboxylic acids is 1. The zero-order chi connectivity index (χ0) is 20.0. The smallest absolute Gasteiger partial charge is 0.475 e. The van der Waals surface area contributed by atoms with Gasteiger partial charge in [-0.3, -0.25) is 4.79 Å². The summed E-state index contributed by atoms with van der Waals surface area (Å²) in [4.78, 5) is 23.6. The van der Waals surface area contributed by atoms with E-state index in [2.05, 4.69) is 5.32 Å². The summed E-state index contributed by atoms with van der Waals surface area (Å²) in [5, 5.41) is 40.9. The summed E-state index contributed by atoms with van der Waals surface area (Å²) >= 11 is 0. The Morgan fingerprint density at radius 1 is 1.15 bits per heavy atom. The third-order valence-corrected chi connectivity index (χ3v) is 4.19. The van der Waals surface area contributed by atoms with Gasteiger partial charge < -0.3 is 25.6 Å². The summed E-state index contributed by atoms with van der Waals surface area (Å²) in [5.74, 6) is -3.37. The number of phenols is 1. The van der Waals surface area contributed by atoms with Gasteiger partial charge in [0, 0.05) is 5.56 Å². The molecular weight excluding hydrogens is 349 g/mol. The lowest BCUT2D eigenvalue weighted by molar-refractivity contribution is 0.0693. The first-order valence-corrected chi connectivity index (χ1v) is 8.63. The number of nitrogens with one attached hydrogen (secondary N) is 1. The lowest BCUT2D eigenvalue weighted by atomic mass is 9.75. The molecule has 0 saturated carbocycles. The van der Waals surface area contributed by atoms with Crippen molar-refractivity contribution in [3.8, 4) is 5.75 Å². The summed E-state index contributed by atoms with van der Waals surface area (Å²) < 4.78 is 0. The predicted octanol–water partition coefficient (Wildman–Crippen LogP) is 1.40. The Kier molecular flexibility index (Phi) is 6.98. The Morgan fingerprint density at radius 2 is 1.85 bits per heavy atom. The number of hydrogen-bond acceptors (Lipinski definition) is 5. The summed E-state index contributed by atoms with van der Waals surface area (Å²) in [6.45, 7) is 2.03. The zero-order valence-electron chi connectivity index (χ0n) is 14.9. The minimum absolute atomic E-state index is 0.148. The molecule has 0 spiro atoms. The van der Waals surface area contributed by atoms with Gasteiger partial charge >= 0.3 is 13.1 Å². The van der Waals surface area contributed by atoms with E-state index >= 15 is 0 Å². The summed E-state index contributed by atoms with van der Waals surface area (Å²) in [6, 6.07) is 11.2. The number of para-hydroxylation sites is 1. The molecule has 1 amide bonds. The summed E-state index contributed by atoms with van der Waals surface area (Å²) in [7, 11) is -1.89. The van der Waals surface area contributed by atoms with Crippen molar-refractivity contribution in [2.45, 2.75) is 32.1 Å². The number of aromatic hydroxyl groups is 1. The van der Waals surface area contributed by atoms with Crippen molar-refractivity contribution in [3.63, 3.8) is 0 Å². The van der Waals surface area contributed by atoms with Gasteiger partial charge in [-0.25, -0.2) is 4.79 Å². The fourth-order valence-electron chi connectivity index (χ4n) is 2.80. The van der Waals surface area contributed by atoms with Crippen molar-refractivity contribution in [1.82, 2.24) is 5.32 Å². The molecule has 2 aromatic carbocycles. The minimum atomic E-state index is -1.89. The molecule has 1 atom stereocenters. The average molecular weight is 371 g/mol. The van der Waals surface area contributed by atoms with Crippen LogP contribution >= 0.6 is 0 Å². The fourth-order valence-corrected chi connectivity index (χ4v) is 2.80. The molecule has 0 aliphatic carbocycles. The van der Waals surface area contributed by atoms with Crippen LogP contribution < -0.4 is 5.32 Å². The number of rotatable bonds is 8. The minimum Gasteiger partial charge on any atom is -0.507 e. The van der Waals surface area contributed by atoms with Crippen LogP contribution in [0.25, 0.3) is 0 Å². The van der Waals surface area contributed by atoms with Gasteiger partial charge in [-0.2, -0.15) is 0 Å². The van der Waals surface area contributed by atoms with Gasteiger partial charge in [-0.1, -0.05) is 37.6 Å². The standard InChI is InChI=1S/C19H22BNO6/c1-2-5-12-6-3-8-14(10-12)18(23)21-16(20(26)27)11-13-7-4-9-15(17(13)22)19(24)25/h3-4,6-10,16,22,26-27H,2,5,11H2,1H3,(H,21,23)(H,24,25)/t16-/m0/s1. The summed E-state index contributed by atoms with van der Waals surface area (Å²) in [6.07, 6.45) is 1.61. The first-order chi connectivity index (χ1) is 12.8. The molecule has 7 nitrogen and oxygen atoms in total. The van der Waals surface area contributed by atoms with Crippen LogP contribution in [0.15, 0.2) is 42.5 Å². The number of carboxylic acid groups (broad SMARTS) is 1. The number of amides is 1. The third kappa shape index (κ3) is 5.32. The predicted molar refractivity (Wildman–Crippen MR) is 101 cm³/mol. The lowest BCUT2D eigenvalue weighted by Gasteiger charge is -2.19. The molecule has 2 rings (SSSR count). The van der Waals surface area contributed by atoms with Crippen molar-refractivity contribution in [1.29, 1.82) is 0 Å². The molecule has 0 heterocycles. The molecule has 0 aliphatic rings. The number of aryl methyl sites for hydroxylation is 1. The van der Waals surface area contributed by atoms with Crippen LogP contribution in [0, 0.1) is 0 Å². The number of carbonyl (C=O) groups is 2. The van der Waals surface area contributed by atoms with Crippen molar-refractivity contribution in [2.75, 3.05) is 0 Å². The van der Waals surface area contributed by atoms with Crippen molar-refractivity contribution < 1.29 is 29.9 Å². The summed E-state index contributed by atoms with van der Waals surface area (Å²) in [5.41, 5.74) is 1.28. The van der Waals surface area contributed by atoms with E-state index < -0.39 is 30.7 Å². The monoisotopic (exact) mass is 371 g/mol. The van der Waals surface area contributed by atoms with E-state index in [9.17, 15) is 24.7 Å². The number of carbonyl (C=O) groups excluding carboxylic acids is 1. The Bertz CT molecular complexity index is 824. The van der Waals surface area contributed by atoms with Gasteiger partial charge in [-0.15, -0.1) is 0 Å². The van der Waals surface area contributed by atoms with Gasteiger partial charge in [-0.05, 0) is 42.2 Å². The van der Waals surface area contributed by atoms with E-state index in [1.165, 1.54) is 18.2 Å². The van der Waals surface area contributed by atoms with Crippen molar-refractivity contribution >= 4 is 19.0 Å². The molecule has 0 unspecified atom stereocenters. The maximum Gasteiger partial charge on any atom is 0.475 e. The first kappa shape index (κ1) is 20.5. The van der Waals surface area contributed by atoms with Gasteiger partial charge in [0.2, 0.25) is 0 Å². The molecule has 2 aromatic rings. The molecule has 142 valence electrons. The fraction of sp³-hybridized carbons (Fsp3) is 0.263. The highest BCUT2D eigenvalue weighted by Crippen LogP contribution is 2.24. The normalized spacial score (nSPS) is 11.7. The van der Waals surface area contributed by atoms with Crippen molar-refractivity contribution in [2.24, 2.45) is 0 Å². The highest BCUT2D eigenvalue weighted by Gasteiger charge is 2.28. The van der Waals surface area contributed by atoms with E-state index in [4.69, 9.17) is 5.11 Å². The quantitative estimate of drug-likeness (QED) is 0.447. The molecule has 0 aliphatic heterocycles. The van der Waals surface area contributed by atoms with Gasteiger partial charge in [0.25, 0.3) is 5.91 Å². The second kappa shape index (κ2) is 9.20. The molecule has 0 aromatic heterocycles. The second-order valence-corrected chi connectivity index (χ2v) is 6.27. The zero-order valence-corrected chi connectivity index (χ0v) is 14.9. The number of benzene rings is 2. The van der Waals surface area contributed by atoms with Crippen LogP contribution in [0.3, 0.4) is 0 Å². The molecular formula is C19H22BNO6. The Labute approximate surface area is 157 Å². The maximum absolute atomic E-state index is 12.5. The number of hydrogen-bond donors (Lipinski definition) is 5. The van der Waals surface area contributed by atoms with Crippen molar-refractivity contribution in [3.05, 3.63) is 64.7 Å². The molecule has 5 N–H and O–H groups in total. The molecule has 0 bridgehead atoms. The molecule has 27 heavy (non-hydrogen) atoms. The van der Waals surface area contributed by atoms with E-state index in [-0.39, 0.29) is 17.5 Å². The van der Waals surface area contributed by atoms with Crippen LogP contribution in [0.2, 0.25) is 0 Å². The highest BCUT2D eigenvalue weighted by atomic mass is 16.4. The molecule has 0 fully saturated rings. The van der Waals surface area contributed by atoms with E-state index in [1.54, 1.807) is 18.2 Å². The molecule has 0 saturated heterocycles. The van der Waals surface area contributed by atoms with Crippen LogP contribution in [-0.4, -0.2) is 45.2 Å². The van der Waals surface area contributed by atoms with E-state index in [0.717, 1.165) is 18.4 Å². The maximum atomic E-state index is 12.5. The number of carboxylic acids is 1. The van der Waals surface area contributed by atoms with Gasteiger partial charge in [0.15, 0.2) is 0 Å². The largest absolute Gasteiger partial charge is 0.507 e. The second-order valence-electron chi connectivity index (χ2n) is 6.27. The third-order valence-electron chi connectivity index (χ3n) is 4.19. The molecule has 8 heteroatoms. The Balaban J connectivity index is 2.19. The topological polar surface area (TPSA) is 127 Å². The van der Waals surface area contributed by atoms with Crippen LogP contribution in [0.1, 0.15) is 45.2 Å². The van der Waals surface area contributed by atoms with E-state index in [1.807, 2.05) is 13.0 Å². The Hall–Kier alpha value is -2.84. The Morgan fingerprint density at radius 3 is 2.48 bits per heavy atom. The van der Waals surface area contributed by atoms with Crippen LogP contribution in [0.5, 0.6) is 5.75 Å². The van der Waals surface area contributed by atoms with Gasteiger partial charge in [0.1, 0.15) is 11.3 Å². The highest BCUT2D eigenvalue weighted by molar-refractivity contribution is 6.43.